The summed E-state index contributed by atoms with van der Waals surface area (Å²) in [6.07, 6.45) is 9.00. The van der Waals surface area contributed by atoms with E-state index in [4.69, 9.17) is 0 Å². The molecule has 3 rings (SSSR count). The zero-order valence-electron chi connectivity index (χ0n) is 13.2. The summed E-state index contributed by atoms with van der Waals surface area (Å²) in [5.74, 6) is 1.16. The van der Waals surface area contributed by atoms with E-state index >= 15 is 0 Å². The SMILES string of the molecule is CN(CC(=O)N1CCCC2CCCCC21)C1CCNC1.Cl. The summed E-state index contributed by atoms with van der Waals surface area (Å²) in [6.45, 7) is 3.74. The Kier molecular flexibility index (Phi) is 6.33. The van der Waals surface area contributed by atoms with Crippen LogP contribution in [0.4, 0.5) is 0 Å². The van der Waals surface area contributed by atoms with E-state index < -0.39 is 0 Å². The van der Waals surface area contributed by atoms with Crippen molar-refractivity contribution in [2.45, 2.75) is 57.0 Å². The molecule has 21 heavy (non-hydrogen) atoms. The van der Waals surface area contributed by atoms with Gasteiger partial charge in [0.05, 0.1) is 6.54 Å². The Morgan fingerprint density at radius 3 is 2.71 bits per heavy atom. The highest BCUT2D eigenvalue weighted by molar-refractivity contribution is 5.85. The molecule has 1 aliphatic carbocycles. The lowest BCUT2D eigenvalue weighted by Crippen LogP contribution is -2.53. The van der Waals surface area contributed by atoms with E-state index in [2.05, 4.69) is 22.2 Å². The van der Waals surface area contributed by atoms with Crippen LogP contribution >= 0.6 is 12.4 Å². The first-order valence-corrected chi connectivity index (χ1v) is 8.46. The maximum absolute atomic E-state index is 12.7. The molecule has 0 aromatic heterocycles. The maximum Gasteiger partial charge on any atom is 0.237 e. The third kappa shape index (κ3) is 3.91. The first-order chi connectivity index (χ1) is 9.75. The molecule has 1 amide bonds. The van der Waals surface area contributed by atoms with E-state index in [0.717, 1.165) is 25.6 Å². The van der Waals surface area contributed by atoms with Crippen LogP contribution in [0.25, 0.3) is 0 Å². The second-order valence-electron chi connectivity index (χ2n) is 6.90. The Balaban J connectivity index is 0.00000161. The van der Waals surface area contributed by atoms with E-state index in [0.29, 0.717) is 24.5 Å². The number of carbonyl (C=O) groups is 1. The van der Waals surface area contributed by atoms with Gasteiger partial charge in [-0.3, -0.25) is 9.69 Å². The van der Waals surface area contributed by atoms with Crippen molar-refractivity contribution >= 4 is 18.3 Å². The molecule has 0 radical (unpaired) electrons. The normalized spacial score (nSPS) is 32.7. The van der Waals surface area contributed by atoms with Gasteiger partial charge in [0.15, 0.2) is 0 Å². The second kappa shape index (κ2) is 7.80. The number of likely N-dealkylation sites (N-methyl/N-ethyl adjacent to an activating group) is 1. The summed E-state index contributed by atoms with van der Waals surface area (Å²) in [4.78, 5) is 17.2. The number of halogens is 1. The maximum atomic E-state index is 12.7. The molecule has 3 atom stereocenters. The van der Waals surface area contributed by atoms with Gasteiger partial charge in [-0.25, -0.2) is 0 Å². The fourth-order valence-electron chi connectivity index (χ4n) is 4.38. The zero-order chi connectivity index (χ0) is 13.9. The Morgan fingerprint density at radius 1 is 1.19 bits per heavy atom. The molecule has 3 aliphatic rings. The number of rotatable bonds is 3. The van der Waals surface area contributed by atoms with Crippen molar-refractivity contribution in [2.24, 2.45) is 5.92 Å². The topological polar surface area (TPSA) is 35.6 Å². The molecule has 122 valence electrons. The van der Waals surface area contributed by atoms with Gasteiger partial charge in [-0.15, -0.1) is 12.4 Å². The molecule has 0 bridgehead atoms. The Labute approximate surface area is 135 Å². The van der Waals surface area contributed by atoms with Crippen LogP contribution in [0, 0.1) is 5.92 Å². The van der Waals surface area contributed by atoms with E-state index in [9.17, 15) is 4.79 Å². The minimum atomic E-state index is 0. The molecular formula is C16H30ClN3O. The van der Waals surface area contributed by atoms with Gasteiger partial charge < -0.3 is 10.2 Å². The number of piperidine rings is 1. The van der Waals surface area contributed by atoms with Gasteiger partial charge in [0.25, 0.3) is 0 Å². The largest absolute Gasteiger partial charge is 0.338 e. The van der Waals surface area contributed by atoms with Gasteiger partial charge in [0.2, 0.25) is 5.91 Å². The summed E-state index contributed by atoms with van der Waals surface area (Å²) in [5, 5.41) is 3.38. The highest BCUT2D eigenvalue weighted by Gasteiger charge is 2.36. The lowest BCUT2D eigenvalue weighted by Gasteiger charge is -2.44. The Morgan fingerprint density at radius 2 is 1.95 bits per heavy atom. The first-order valence-electron chi connectivity index (χ1n) is 8.46. The van der Waals surface area contributed by atoms with E-state index in [1.807, 2.05) is 0 Å². The highest BCUT2D eigenvalue weighted by atomic mass is 35.5. The summed E-state index contributed by atoms with van der Waals surface area (Å²) < 4.78 is 0. The van der Waals surface area contributed by atoms with Crippen LogP contribution < -0.4 is 5.32 Å². The number of nitrogens with zero attached hydrogens (tertiary/aromatic N) is 2. The Hall–Kier alpha value is -0.320. The molecule has 2 saturated heterocycles. The van der Waals surface area contributed by atoms with Crippen molar-refractivity contribution in [3.8, 4) is 0 Å². The van der Waals surface area contributed by atoms with Crippen LogP contribution in [-0.2, 0) is 4.79 Å². The molecule has 0 spiro atoms. The minimum Gasteiger partial charge on any atom is -0.338 e. The number of hydrogen-bond acceptors (Lipinski definition) is 3. The predicted molar refractivity (Wildman–Crippen MR) is 87.8 cm³/mol. The molecule has 3 unspecified atom stereocenters. The van der Waals surface area contributed by atoms with Crippen molar-refractivity contribution in [3.05, 3.63) is 0 Å². The molecule has 5 heteroatoms. The summed E-state index contributed by atoms with van der Waals surface area (Å²) in [7, 11) is 2.11. The molecule has 3 fully saturated rings. The molecule has 0 aromatic carbocycles. The minimum absolute atomic E-state index is 0. The van der Waals surface area contributed by atoms with Crippen molar-refractivity contribution in [2.75, 3.05) is 33.2 Å². The van der Waals surface area contributed by atoms with Crippen LogP contribution in [-0.4, -0.2) is 61.0 Å². The van der Waals surface area contributed by atoms with Gasteiger partial charge in [0, 0.05) is 25.2 Å². The average Bonchev–Trinajstić information content (AvgIpc) is 3.01. The van der Waals surface area contributed by atoms with E-state index in [-0.39, 0.29) is 12.4 Å². The number of fused-ring (bicyclic) bond motifs is 1. The number of amides is 1. The molecule has 0 aromatic rings. The first kappa shape index (κ1) is 17.0. The van der Waals surface area contributed by atoms with E-state index in [1.54, 1.807) is 0 Å². The lowest BCUT2D eigenvalue weighted by atomic mass is 9.78. The third-order valence-electron chi connectivity index (χ3n) is 5.61. The summed E-state index contributed by atoms with van der Waals surface area (Å²) in [6, 6.07) is 1.10. The number of likely N-dealkylation sites (tertiary alicyclic amines) is 1. The summed E-state index contributed by atoms with van der Waals surface area (Å²) in [5.41, 5.74) is 0. The van der Waals surface area contributed by atoms with Gasteiger partial charge in [0.1, 0.15) is 0 Å². The fourth-order valence-corrected chi connectivity index (χ4v) is 4.38. The van der Waals surface area contributed by atoms with Crippen LogP contribution in [0.15, 0.2) is 0 Å². The van der Waals surface area contributed by atoms with Gasteiger partial charge >= 0.3 is 0 Å². The standard InChI is InChI=1S/C16H29N3O.ClH/c1-18(14-8-9-17-11-14)12-16(20)19-10-4-6-13-5-2-3-7-15(13)19;/h13-15,17H,2-12H2,1H3;1H. The molecule has 2 heterocycles. The average molecular weight is 316 g/mol. The zero-order valence-corrected chi connectivity index (χ0v) is 14.0. The van der Waals surface area contributed by atoms with Gasteiger partial charge in [-0.05, 0) is 51.6 Å². The second-order valence-corrected chi connectivity index (χ2v) is 6.90. The summed E-state index contributed by atoms with van der Waals surface area (Å²) >= 11 is 0. The molecule has 4 nitrogen and oxygen atoms in total. The number of hydrogen-bond donors (Lipinski definition) is 1. The van der Waals surface area contributed by atoms with Crippen molar-refractivity contribution in [1.29, 1.82) is 0 Å². The lowest BCUT2D eigenvalue weighted by molar-refractivity contribution is -0.138. The Bertz CT molecular complexity index is 344. The quantitative estimate of drug-likeness (QED) is 0.864. The third-order valence-corrected chi connectivity index (χ3v) is 5.61. The van der Waals surface area contributed by atoms with Crippen molar-refractivity contribution in [1.82, 2.24) is 15.1 Å². The monoisotopic (exact) mass is 315 g/mol. The van der Waals surface area contributed by atoms with Crippen LogP contribution in [0.1, 0.15) is 44.9 Å². The molecule has 2 aliphatic heterocycles. The molecule has 1 N–H and O–H groups in total. The smallest absolute Gasteiger partial charge is 0.237 e. The predicted octanol–water partition coefficient (Wildman–Crippen LogP) is 1.88. The van der Waals surface area contributed by atoms with E-state index in [1.165, 1.54) is 44.9 Å². The van der Waals surface area contributed by atoms with Crippen molar-refractivity contribution in [3.63, 3.8) is 0 Å². The molecule has 1 saturated carbocycles. The molecular weight excluding hydrogens is 286 g/mol. The van der Waals surface area contributed by atoms with Crippen LogP contribution in [0.5, 0.6) is 0 Å². The van der Waals surface area contributed by atoms with Gasteiger partial charge in [-0.2, -0.15) is 0 Å². The fraction of sp³-hybridized carbons (Fsp3) is 0.938. The highest BCUT2D eigenvalue weighted by Crippen LogP contribution is 2.35. The van der Waals surface area contributed by atoms with Gasteiger partial charge in [-0.1, -0.05) is 12.8 Å². The number of carbonyl (C=O) groups excluding carboxylic acids is 1. The van der Waals surface area contributed by atoms with Crippen LogP contribution in [0.3, 0.4) is 0 Å². The number of nitrogens with one attached hydrogen (secondary N) is 1. The van der Waals surface area contributed by atoms with Crippen LogP contribution in [0.2, 0.25) is 0 Å². The van der Waals surface area contributed by atoms with Crippen molar-refractivity contribution < 1.29 is 4.79 Å².